The monoisotopic (exact) mass is 317 g/mol. The Morgan fingerprint density at radius 1 is 1.18 bits per heavy atom. The molecule has 9 heteroatoms. The summed E-state index contributed by atoms with van der Waals surface area (Å²) in [6, 6.07) is 12.5. The molecule has 1 heterocycles. The average Bonchev–Trinajstić information content (AvgIpc) is 2.98. The van der Waals surface area contributed by atoms with E-state index in [9.17, 15) is 14.5 Å². The van der Waals surface area contributed by atoms with E-state index in [2.05, 4.69) is 15.5 Å². The van der Waals surface area contributed by atoms with Gasteiger partial charge < -0.3 is 0 Å². The van der Waals surface area contributed by atoms with Crippen molar-refractivity contribution in [1.82, 2.24) is 20.2 Å². The molecule has 3 rings (SSSR count). The third-order valence-electron chi connectivity index (χ3n) is 2.76. The van der Waals surface area contributed by atoms with E-state index in [0.717, 1.165) is 29.6 Å². The highest BCUT2D eigenvalue weighted by Gasteiger charge is 2.19. The number of hydrogen-bond donors (Lipinski definition) is 0. The van der Waals surface area contributed by atoms with Gasteiger partial charge >= 0.3 is 0 Å². The molecule has 3 aromatic rings. The lowest BCUT2D eigenvalue weighted by molar-refractivity contribution is -0.387. The molecule has 0 atom stereocenters. The van der Waals surface area contributed by atoms with Crippen molar-refractivity contribution in [1.29, 1.82) is 0 Å². The summed E-state index contributed by atoms with van der Waals surface area (Å²) < 4.78 is 14.6. The van der Waals surface area contributed by atoms with Crippen LogP contribution in [0.1, 0.15) is 0 Å². The van der Waals surface area contributed by atoms with E-state index in [0.29, 0.717) is 5.16 Å². The highest BCUT2D eigenvalue weighted by molar-refractivity contribution is 7.99. The number of nitro benzene ring substituents is 1. The molecule has 0 bridgehead atoms. The molecule has 0 aliphatic carbocycles. The van der Waals surface area contributed by atoms with Crippen LogP contribution >= 0.6 is 11.8 Å². The predicted molar refractivity (Wildman–Crippen MR) is 76.3 cm³/mol. The standard InChI is InChI=1S/C13H8FN5O2S/c14-9-6-7-12(11(8-9)19(20)21)22-13-15-16-17-18(13)10-4-2-1-3-5-10/h1-8H. The van der Waals surface area contributed by atoms with Crippen LogP contribution in [-0.4, -0.2) is 25.1 Å². The Hall–Kier alpha value is -2.81. The van der Waals surface area contributed by atoms with Crippen molar-refractivity contribution >= 4 is 17.4 Å². The smallest absolute Gasteiger partial charge is 0.258 e. The van der Waals surface area contributed by atoms with Gasteiger partial charge in [0.1, 0.15) is 5.82 Å². The van der Waals surface area contributed by atoms with Crippen LogP contribution in [0.15, 0.2) is 58.6 Å². The summed E-state index contributed by atoms with van der Waals surface area (Å²) in [7, 11) is 0. The maximum atomic E-state index is 13.2. The predicted octanol–water partition coefficient (Wildman–Crippen LogP) is 2.86. The zero-order valence-electron chi connectivity index (χ0n) is 11.0. The number of aromatic nitrogens is 4. The molecule has 0 aliphatic heterocycles. The lowest BCUT2D eigenvalue weighted by Crippen LogP contribution is -1.99. The minimum Gasteiger partial charge on any atom is -0.258 e. The zero-order chi connectivity index (χ0) is 15.5. The fourth-order valence-corrected chi connectivity index (χ4v) is 2.67. The minimum atomic E-state index is -0.668. The molecule has 0 saturated carbocycles. The number of benzene rings is 2. The molecule has 110 valence electrons. The minimum absolute atomic E-state index is 0.262. The van der Waals surface area contributed by atoms with Gasteiger partial charge in [0.05, 0.1) is 21.6 Å². The maximum absolute atomic E-state index is 13.2. The quantitative estimate of drug-likeness (QED) is 0.543. The highest BCUT2D eigenvalue weighted by Crippen LogP contribution is 2.34. The zero-order valence-corrected chi connectivity index (χ0v) is 11.8. The molecule has 0 saturated heterocycles. The largest absolute Gasteiger partial charge is 0.286 e. The molecule has 0 amide bonds. The maximum Gasteiger partial charge on any atom is 0.286 e. The molecule has 22 heavy (non-hydrogen) atoms. The first-order valence-corrected chi connectivity index (χ1v) is 6.92. The van der Waals surface area contributed by atoms with Crippen molar-refractivity contribution in [3.8, 4) is 5.69 Å². The Labute approximate surface area is 127 Å². The van der Waals surface area contributed by atoms with Gasteiger partial charge in [0.25, 0.3) is 5.69 Å². The summed E-state index contributed by atoms with van der Waals surface area (Å²) in [5.41, 5.74) is 0.396. The molecule has 0 spiro atoms. The van der Waals surface area contributed by atoms with Gasteiger partial charge in [-0.3, -0.25) is 10.1 Å². The number of rotatable bonds is 4. The van der Waals surface area contributed by atoms with Gasteiger partial charge in [-0.2, -0.15) is 4.68 Å². The van der Waals surface area contributed by atoms with Crippen molar-refractivity contribution < 1.29 is 9.31 Å². The Bertz CT molecular complexity index is 824. The first kappa shape index (κ1) is 14.1. The van der Waals surface area contributed by atoms with E-state index in [-0.39, 0.29) is 10.6 Å². The Kier molecular flexibility index (Phi) is 3.79. The second kappa shape index (κ2) is 5.90. The second-order valence-electron chi connectivity index (χ2n) is 4.18. The summed E-state index contributed by atoms with van der Waals surface area (Å²) in [4.78, 5) is 10.7. The van der Waals surface area contributed by atoms with Crippen molar-refractivity contribution in [3.05, 3.63) is 64.5 Å². The van der Waals surface area contributed by atoms with Crippen LogP contribution < -0.4 is 0 Å². The van der Waals surface area contributed by atoms with Crippen molar-refractivity contribution in [2.24, 2.45) is 0 Å². The Morgan fingerprint density at radius 3 is 2.68 bits per heavy atom. The Morgan fingerprint density at radius 2 is 1.95 bits per heavy atom. The fraction of sp³-hybridized carbons (Fsp3) is 0. The SMILES string of the molecule is O=[N+]([O-])c1cc(F)ccc1Sc1nnnn1-c1ccccc1. The number of tetrazole rings is 1. The van der Waals surface area contributed by atoms with Crippen LogP contribution in [-0.2, 0) is 0 Å². The third-order valence-corrected chi connectivity index (χ3v) is 3.76. The molecule has 0 fully saturated rings. The normalized spacial score (nSPS) is 10.6. The van der Waals surface area contributed by atoms with E-state index in [1.807, 2.05) is 18.2 Å². The van der Waals surface area contributed by atoms with Gasteiger partial charge in [-0.05, 0) is 46.5 Å². The van der Waals surface area contributed by atoms with Gasteiger partial charge in [0.2, 0.25) is 5.16 Å². The summed E-state index contributed by atoms with van der Waals surface area (Å²) in [6.45, 7) is 0. The molecular weight excluding hydrogens is 309 g/mol. The van der Waals surface area contributed by atoms with Gasteiger partial charge in [0, 0.05) is 0 Å². The molecule has 0 aliphatic rings. The molecule has 0 N–H and O–H groups in total. The summed E-state index contributed by atoms with van der Waals surface area (Å²) >= 11 is 0.998. The first-order valence-electron chi connectivity index (χ1n) is 6.11. The van der Waals surface area contributed by atoms with E-state index < -0.39 is 10.7 Å². The summed E-state index contributed by atoms with van der Waals surface area (Å²) in [6.07, 6.45) is 0. The number of nitro groups is 1. The number of halogens is 1. The molecular formula is C13H8FN5O2S. The van der Waals surface area contributed by atoms with Crippen molar-refractivity contribution in [2.45, 2.75) is 10.1 Å². The fourth-order valence-electron chi connectivity index (χ4n) is 1.79. The van der Waals surface area contributed by atoms with Crippen molar-refractivity contribution in [3.63, 3.8) is 0 Å². The lowest BCUT2D eigenvalue weighted by atomic mass is 10.3. The van der Waals surface area contributed by atoms with Crippen LogP contribution in [0.4, 0.5) is 10.1 Å². The van der Waals surface area contributed by atoms with Gasteiger partial charge in [-0.25, -0.2) is 4.39 Å². The third kappa shape index (κ3) is 2.79. The van der Waals surface area contributed by atoms with Crippen molar-refractivity contribution in [2.75, 3.05) is 0 Å². The van der Waals surface area contributed by atoms with Crippen LogP contribution in [0.25, 0.3) is 5.69 Å². The first-order chi connectivity index (χ1) is 10.6. The molecule has 1 aromatic heterocycles. The Balaban J connectivity index is 1.99. The topological polar surface area (TPSA) is 86.7 Å². The highest BCUT2D eigenvalue weighted by atomic mass is 32.2. The second-order valence-corrected chi connectivity index (χ2v) is 5.19. The number of nitrogens with zero attached hydrogens (tertiary/aromatic N) is 5. The number of para-hydroxylation sites is 1. The summed E-state index contributed by atoms with van der Waals surface area (Å²) in [5, 5.41) is 22.7. The van der Waals surface area contributed by atoms with Crippen LogP contribution in [0.2, 0.25) is 0 Å². The lowest BCUT2D eigenvalue weighted by Gasteiger charge is -2.04. The molecule has 0 unspecified atom stereocenters. The van der Waals surface area contributed by atoms with Crippen LogP contribution in [0.3, 0.4) is 0 Å². The van der Waals surface area contributed by atoms with E-state index in [4.69, 9.17) is 0 Å². The van der Waals surface area contributed by atoms with Gasteiger partial charge in [-0.1, -0.05) is 18.2 Å². The number of hydrogen-bond acceptors (Lipinski definition) is 6. The molecule has 7 nitrogen and oxygen atoms in total. The van der Waals surface area contributed by atoms with Crippen LogP contribution in [0.5, 0.6) is 0 Å². The molecule has 2 aromatic carbocycles. The van der Waals surface area contributed by atoms with Gasteiger partial charge in [-0.15, -0.1) is 5.10 Å². The van der Waals surface area contributed by atoms with Crippen LogP contribution in [0, 0.1) is 15.9 Å². The summed E-state index contributed by atoms with van der Waals surface area (Å²) in [5.74, 6) is -0.668. The average molecular weight is 317 g/mol. The van der Waals surface area contributed by atoms with E-state index in [1.54, 1.807) is 12.1 Å². The van der Waals surface area contributed by atoms with Gasteiger partial charge in [0.15, 0.2) is 0 Å². The van der Waals surface area contributed by atoms with E-state index >= 15 is 0 Å². The van der Waals surface area contributed by atoms with E-state index in [1.165, 1.54) is 10.7 Å². The molecule has 0 radical (unpaired) electrons.